The number of hydrogen-bond donors (Lipinski definition) is 0. The molecule has 0 N–H and O–H groups in total. The van der Waals surface area contributed by atoms with Crippen molar-refractivity contribution in [2.24, 2.45) is 0 Å². The Morgan fingerprint density at radius 2 is 0.804 bits per heavy atom. The first kappa shape index (κ1) is 29.2. The van der Waals surface area contributed by atoms with Gasteiger partial charge in [-0.05, 0) is 78.7 Å². The minimum atomic E-state index is 0.955. The lowest BCUT2D eigenvalue weighted by Gasteiger charge is -2.12. The van der Waals surface area contributed by atoms with Crippen LogP contribution in [0.2, 0.25) is 0 Å². The van der Waals surface area contributed by atoms with E-state index in [1.807, 2.05) is 0 Å². The molecule has 3 nitrogen and oxygen atoms in total. The molecule has 7 aromatic carbocycles. The lowest BCUT2D eigenvalue weighted by atomic mass is 9.99. The Labute approximate surface area is 296 Å². The van der Waals surface area contributed by atoms with Gasteiger partial charge in [0.1, 0.15) is 0 Å². The van der Waals surface area contributed by atoms with Crippen molar-refractivity contribution in [3.63, 3.8) is 0 Å². The summed E-state index contributed by atoms with van der Waals surface area (Å²) >= 11 is 0. The highest BCUT2D eigenvalue weighted by Crippen LogP contribution is 2.42. The number of aromatic nitrogens is 3. The van der Waals surface area contributed by atoms with Crippen LogP contribution >= 0.6 is 0 Å². The highest BCUT2D eigenvalue weighted by Gasteiger charge is 2.20. The fraction of sp³-hybridized carbons (Fsp3) is 0.0208. The first-order valence-electron chi connectivity index (χ1n) is 17.5. The second-order valence-electron chi connectivity index (χ2n) is 13.3. The van der Waals surface area contributed by atoms with Crippen molar-refractivity contribution in [3.05, 3.63) is 188 Å². The van der Waals surface area contributed by atoms with Crippen molar-refractivity contribution >= 4 is 43.6 Å². The standard InChI is InChI=1S/C48H33N3/c1-32-20-22-34(23-21-32)41-30-36(33-12-4-2-5-13-33)31-42(49-41)35-24-26-38(27-25-35)51-44-19-11-9-17-40(44)48-46(51)29-28-45-47(48)39-16-8-10-18-43(39)50(45)37-14-6-3-7-15-37/h2-31H,1H3. The Morgan fingerprint density at radius 1 is 0.353 bits per heavy atom. The fourth-order valence-corrected chi connectivity index (χ4v) is 7.78. The van der Waals surface area contributed by atoms with Crippen LogP contribution in [0.4, 0.5) is 0 Å². The van der Waals surface area contributed by atoms with E-state index in [1.54, 1.807) is 0 Å². The molecule has 0 atom stereocenters. The van der Waals surface area contributed by atoms with E-state index in [0.717, 1.165) is 39.5 Å². The molecule has 3 aromatic heterocycles. The van der Waals surface area contributed by atoms with Crippen LogP contribution in [0.3, 0.4) is 0 Å². The van der Waals surface area contributed by atoms with E-state index < -0.39 is 0 Å². The van der Waals surface area contributed by atoms with Crippen molar-refractivity contribution in [1.82, 2.24) is 14.1 Å². The minimum absolute atomic E-state index is 0.955. The molecular weight excluding hydrogens is 619 g/mol. The van der Waals surface area contributed by atoms with Gasteiger partial charge in [-0.2, -0.15) is 0 Å². The largest absolute Gasteiger partial charge is 0.309 e. The van der Waals surface area contributed by atoms with Crippen molar-refractivity contribution in [3.8, 4) is 45.0 Å². The van der Waals surface area contributed by atoms with E-state index in [4.69, 9.17) is 4.98 Å². The predicted molar refractivity (Wildman–Crippen MR) is 214 cm³/mol. The number of hydrogen-bond acceptors (Lipinski definition) is 1. The van der Waals surface area contributed by atoms with Gasteiger partial charge in [-0.25, -0.2) is 4.98 Å². The molecule has 0 amide bonds. The number of aryl methyl sites for hydroxylation is 1. The van der Waals surface area contributed by atoms with Crippen LogP contribution in [0.1, 0.15) is 5.56 Å². The van der Waals surface area contributed by atoms with E-state index in [9.17, 15) is 0 Å². The summed E-state index contributed by atoms with van der Waals surface area (Å²) in [5.74, 6) is 0. The maximum Gasteiger partial charge on any atom is 0.0715 e. The van der Waals surface area contributed by atoms with Crippen molar-refractivity contribution in [1.29, 1.82) is 0 Å². The smallest absolute Gasteiger partial charge is 0.0715 e. The van der Waals surface area contributed by atoms with Gasteiger partial charge in [-0.15, -0.1) is 0 Å². The van der Waals surface area contributed by atoms with Crippen LogP contribution < -0.4 is 0 Å². The molecule has 0 fully saturated rings. The summed E-state index contributed by atoms with van der Waals surface area (Å²) in [5.41, 5.74) is 14.8. The van der Waals surface area contributed by atoms with Crippen LogP contribution in [0.5, 0.6) is 0 Å². The molecule has 0 aliphatic carbocycles. The normalized spacial score (nSPS) is 11.6. The van der Waals surface area contributed by atoms with Gasteiger partial charge in [0.15, 0.2) is 0 Å². The minimum Gasteiger partial charge on any atom is -0.309 e. The lowest BCUT2D eigenvalue weighted by molar-refractivity contribution is 1.17. The number of para-hydroxylation sites is 3. The lowest BCUT2D eigenvalue weighted by Crippen LogP contribution is -1.95. The Kier molecular flexibility index (Phi) is 6.71. The second-order valence-corrected chi connectivity index (χ2v) is 13.3. The summed E-state index contributed by atoms with van der Waals surface area (Å²) in [4.78, 5) is 5.20. The third-order valence-electron chi connectivity index (χ3n) is 10.2. The summed E-state index contributed by atoms with van der Waals surface area (Å²) in [6, 6.07) is 65.4. The SMILES string of the molecule is Cc1ccc(-c2cc(-c3ccccc3)cc(-c3ccc(-n4c5ccccc5c5c6c7ccccc7n(-c7ccccc7)c6ccc54)cc3)n2)cc1. The molecule has 3 heteroatoms. The van der Waals surface area contributed by atoms with Crippen molar-refractivity contribution < 1.29 is 0 Å². The van der Waals surface area contributed by atoms with Crippen LogP contribution in [0, 0.1) is 6.92 Å². The van der Waals surface area contributed by atoms with E-state index in [0.29, 0.717) is 0 Å². The monoisotopic (exact) mass is 651 g/mol. The molecule has 0 spiro atoms. The predicted octanol–water partition coefficient (Wildman–Crippen LogP) is 12.6. The molecule has 240 valence electrons. The first-order valence-corrected chi connectivity index (χ1v) is 17.5. The van der Waals surface area contributed by atoms with Crippen LogP contribution in [-0.4, -0.2) is 14.1 Å². The maximum atomic E-state index is 5.20. The Morgan fingerprint density at radius 3 is 1.35 bits per heavy atom. The quantitative estimate of drug-likeness (QED) is 0.182. The zero-order chi connectivity index (χ0) is 33.9. The zero-order valence-corrected chi connectivity index (χ0v) is 28.2. The molecule has 0 unspecified atom stereocenters. The molecule has 10 aromatic rings. The van der Waals surface area contributed by atoms with Gasteiger partial charge in [0.05, 0.1) is 33.5 Å². The van der Waals surface area contributed by atoms with Gasteiger partial charge in [0, 0.05) is 44.0 Å². The maximum absolute atomic E-state index is 5.20. The average Bonchev–Trinajstić information content (AvgIpc) is 3.72. The van der Waals surface area contributed by atoms with Crippen molar-refractivity contribution in [2.75, 3.05) is 0 Å². The highest BCUT2D eigenvalue weighted by atomic mass is 15.0. The fourth-order valence-electron chi connectivity index (χ4n) is 7.78. The van der Waals surface area contributed by atoms with E-state index in [1.165, 1.54) is 54.7 Å². The van der Waals surface area contributed by atoms with E-state index in [-0.39, 0.29) is 0 Å². The highest BCUT2D eigenvalue weighted by molar-refractivity contribution is 6.28. The number of rotatable bonds is 5. The van der Waals surface area contributed by atoms with Gasteiger partial charge < -0.3 is 9.13 Å². The van der Waals surface area contributed by atoms with Crippen LogP contribution in [-0.2, 0) is 0 Å². The molecule has 51 heavy (non-hydrogen) atoms. The second kappa shape index (κ2) is 11.7. The molecule has 0 saturated carbocycles. The number of pyridine rings is 1. The molecule has 0 aliphatic rings. The molecule has 0 aliphatic heterocycles. The molecule has 0 bridgehead atoms. The Hall–Kier alpha value is -6.71. The van der Waals surface area contributed by atoms with Gasteiger partial charge in [0.25, 0.3) is 0 Å². The Bertz CT molecular complexity index is 2880. The summed E-state index contributed by atoms with van der Waals surface area (Å²) in [6.07, 6.45) is 0. The summed E-state index contributed by atoms with van der Waals surface area (Å²) in [6.45, 7) is 2.12. The van der Waals surface area contributed by atoms with Crippen LogP contribution in [0.25, 0.3) is 88.6 Å². The van der Waals surface area contributed by atoms with Gasteiger partial charge >= 0.3 is 0 Å². The van der Waals surface area contributed by atoms with E-state index in [2.05, 4.69) is 198 Å². The molecule has 0 radical (unpaired) electrons. The molecule has 0 saturated heterocycles. The van der Waals surface area contributed by atoms with E-state index >= 15 is 0 Å². The zero-order valence-electron chi connectivity index (χ0n) is 28.2. The molecular formula is C48H33N3. The van der Waals surface area contributed by atoms with Crippen LogP contribution in [0.15, 0.2) is 182 Å². The van der Waals surface area contributed by atoms with Gasteiger partial charge in [-0.3, -0.25) is 0 Å². The number of fused-ring (bicyclic) bond motifs is 7. The summed E-state index contributed by atoms with van der Waals surface area (Å²) in [7, 11) is 0. The summed E-state index contributed by atoms with van der Waals surface area (Å²) in [5, 5.41) is 5.06. The topological polar surface area (TPSA) is 22.8 Å². The Balaban J connectivity index is 1.16. The number of nitrogens with zero attached hydrogens (tertiary/aromatic N) is 3. The number of benzene rings is 7. The molecule has 3 heterocycles. The summed E-state index contributed by atoms with van der Waals surface area (Å²) < 4.78 is 4.81. The van der Waals surface area contributed by atoms with Gasteiger partial charge in [0.2, 0.25) is 0 Å². The molecule has 10 rings (SSSR count). The third kappa shape index (κ3) is 4.78. The first-order chi connectivity index (χ1) is 25.2. The van der Waals surface area contributed by atoms with Gasteiger partial charge in [-0.1, -0.05) is 127 Å². The third-order valence-corrected chi connectivity index (χ3v) is 10.2. The van der Waals surface area contributed by atoms with Crippen molar-refractivity contribution in [2.45, 2.75) is 6.92 Å². The average molecular weight is 652 g/mol.